The molecule has 4 heteroatoms. The zero-order valence-electron chi connectivity index (χ0n) is 12.4. The number of carbonyl (C=O) groups is 1. The van der Waals surface area contributed by atoms with Gasteiger partial charge in [0, 0.05) is 36.9 Å². The van der Waals surface area contributed by atoms with Crippen molar-refractivity contribution in [3.05, 3.63) is 29.3 Å². The number of piperazine rings is 1. The quantitative estimate of drug-likeness (QED) is 0.791. The smallest absolute Gasteiger partial charge is 0.161 e. The van der Waals surface area contributed by atoms with Crippen LogP contribution in [0.1, 0.15) is 36.2 Å². The van der Waals surface area contributed by atoms with Crippen LogP contribution in [0.4, 0.5) is 5.69 Å². The first-order chi connectivity index (χ1) is 9.56. The molecule has 1 aliphatic heterocycles. The van der Waals surface area contributed by atoms with E-state index in [-0.39, 0.29) is 5.78 Å². The molecule has 1 aromatic rings. The number of ketones is 1. The molecule has 1 atom stereocenters. The van der Waals surface area contributed by atoms with E-state index in [2.05, 4.69) is 29.8 Å². The van der Waals surface area contributed by atoms with Crippen LogP contribution in [0.3, 0.4) is 0 Å². The van der Waals surface area contributed by atoms with Gasteiger partial charge in [0.2, 0.25) is 0 Å². The van der Waals surface area contributed by atoms with E-state index in [4.69, 9.17) is 5.26 Å². The lowest BCUT2D eigenvalue weighted by atomic mass is 10.0. The molecule has 1 unspecified atom stereocenters. The van der Waals surface area contributed by atoms with Crippen LogP contribution in [-0.2, 0) is 0 Å². The van der Waals surface area contributed by atoms with Crippen molar-refractivity contribution in [2.45, 2.75) is 26.3 Å². The summed E-state index contributed by atoms with van der Waals surface area (Å²) in [4.78, 5) is 16.4. The minimum absolute atomic E-state index is 0.0523. The molecule has 0 amide bonds. The van der Waals surface area contributed by atoms with Crippen molar-refractivity contribution in [3.63, 3.8) is 0 Å². The average molecular weight is 271 g/mol. The Kier molecular flexibility index (Phi) is 4.41. The number of rotatable bonds is 3. The van der Waals surface area contributed by atoms with Crippen LogP contribution in [0, 0.1) is 11.3 Å². The zero-order valence-corrected chi connectivity index (χ0v) is 12.4. The molecule has 0 aliphatic carbocycles. The summed E-state index contributed by atoms with van der Waals surface area (Å²) >= 11 is 0. The van der Waals surface area contributed by atoms with Crippen molar-refractivity contribution < 1.29 is 4.79 Å². The first kappa shape index (κ1) is 14.5. The Morgan fingerprint density at radius 3 is 2.80 bits per heavy atom. The summed E-state index contributed by atoms with van der Waals surface area (Å²) in [6, 6.07) is 7.98. The van der Waals surface area contributed by atoms with Crippen molar-refractivity contribution in [2.75, 3.05) is 31.6 Å². The van der Waals surface area contributed by atoms with E-state index in [1.54, 1.807) is 19.1 Å². The monoisotopic (exact) mass is 271 g/mol. The van der Waals surface area contributed by atoms with Crippen LogP contribution in [-0.4, -0.2) is 43.4 Å². The van der Waals surface area contributed by atoms with E-state index in [1.165, 1.54) is 0 Å². The zero-order chi connectivity index (χ0) is 14.7. The Morgan fingerprint density at radius 1 is 1.45 bits per heavy atom. The van der Waals surface area contributed by atoms with Crippen LogP contribution < -0.4 is 4.90 Å². The molecule has 1 fully saturated rings. The second kappa shape index (κ2) is 6.06. The predicted molar refractivity (Wildman–Crippen MR) is 80.1 cm³/mol. The van der Waals surface area contributed by atoms with Gasteiger partial charge in [0.05, 0.1) is 11.6 Å². The fraction of sp³-hybridized carbons (Fsp3) is 0.500. The Bertz CT molecular complexity index is 547. The van der Waals surface area contributed by atoms with Crippen LogP contribution in [0.15, 0.2) is 18.2 Å². The number of nitrogens with zero attached hydrogens (tertiary/aromatic N) is 3. The molecule has 0 spiro atoms. The number of Topliss-reactive ketones (excluding diaryl/α,β-unsaturated/α-hetero) is 1. The first-order valence-corrected chi connectivity index (χ1v) is 7.07. The number of benzene rings is 1. The molecule has 0 bridgehead atoms. The third-order valence-corrected chi connectivity index (χ3v) is 4.10. The number of nitriles is 1. The van der Waals surface area contributed by atoms with Gasteiger partial charge in [-0.1, -0.05) is 6.92 Å². The SMILES string of the molecule is CCC1CN(c2cc(C#N)ccc2C(C)=O)CCN1C. The molecule has 20 heavy (non-hydrogen) atoms. The average Bonchev–Trinajstić information content (AvgIpc) is 2.47. The summed E-state index contributed by atoms with van der Waals surface area (Å²) in [6.07, 6.45) is 1.08. The molecular formula is C16H21N3O. The Balaban J connectivity index is 2.36. The number of anilines is 1. The third kappa shape index (κ3) is 2.83. The lowest BCUT2D eigenvalue weighted by Gasteiger charge is -2.41. The summed E-state index contributed by atoms with van der Waals surface area (Å²) in [5.74, 6) is 0.0523. The van der Waals surface area contributed by atoms with E-state index in [0.29, 0.717) is 17.2 Å². The van der Waals surface area contributed by atoms with Crippen LogP contribution in [0.25, 0.3) is 0 Å². The minimum atomic E-state index is 0.0523. The molecule has 4 nitrogen and oxygen atoms in total. The Morgan fingerprint density at radius 2 is 2.20 bits per heavy atom. The van der Waals surface area contributed by atoms with Gasteiger partial charge in [-0.25, -0.2) is 0 Å². The molecule has 106 valence electrons. The summed E-state index contributed by atoms with van der Waals surface area (Å²) < 4.78 is 0. The van der Waals surface area contributed by atoms with Crippen LogP contribution in [0.5, 0.6) is 0 Å². The molecule has 2 rings (SSSR count). The lowest BCUT2D eigenvalue weighted by Crippen LogP contribution is -2.51. The van der Waals surface area contributed by atoms with Crippen molar-refractivity contribution in [3.8, 4) is 6.07 Å². The highest BCUT2D eigenvalue weighted by molar-refractivity contribution is 6.00. The van der Waals surface area contributed by atoms with Crippen LogP contribution >= 0.6 is 0 Å². The van der Waals surface area contributed by atoms with Crippen molar-refractivity contribution in [1.82, 2.24) is 4.90 Å². The highest BCUT2D eigenvalue weighted by atomic mass is 16.1. The van der Waals surface area contributed by atoms with Gasteiger partial charge in [-0.05, 0) is 38.6 Å². The van der Waals surface area contributed by atoms with Gasteiger partial charge in [-0.15, -0.1) is 0 Å². The predicted octanol–water partition coefficient (Wildman–Crippen LogP) is 2.29. The summed E-state index contributed by atoms with van der Waals surface area (Å²) in [6.45, 7) is 6.54. The number of hydrogen-bond acceptors (Lipinski definition) is 4. The number of likely N-dealkylation sites (N-methyl/N-ethyl adjacent to an activating group) is 1. The van der Waals surface area contributed by atoms with E-state index in [9.17, 15) is 4.79 Å². The number of carbonyl (C=O) groups excluding carboxylic acids is 1. The van der Waals surface area contributed by atoms with Crippen molar-refractivity contribution in [2.24, 2.45) is 0 Å². The molecular weight excluding hydrogens is 250 g/mol. The Labute approximate surface area is 120 Å². The molecule has 1 saturated heterocycles. The fourth-order valence-electron chi connectivity index (χ4n) is 2.77. The van der Waals surface area contributed by atoms with E-state index < -0.39 is 0 Å². The van der Waals surface area contributed by atoms with Gasteiger partial charge >= 0.3 is 0 Å². The Hall–Kier alpha value is -1.86. The van der Waals surface area contributed by atoms with E-state index in [1.807, 2.05) is 6.07 Å². The molecule has 1 aliphatic rings. The maximum Gasteiger partial charge on any atom is 0.161 e. The van der Waals surface area contributed by atoms with Gasteiger partial charge in [0.25, 0.3) is 0 Å². The maximum atomic E-state index is 11.8. The highest BCUT2D eigenvalue weighted by Crippen LogP contribution is 2.26. The van der Waals surface area contributed by atoms with Crippen molar-refractivity contribution >= 4 is 11.5 Å². The van der Waals surface area contributed by atoms with Gasteiger partial charge < -0.3 is 4.90 Å². The normalized spacial score (nSPS) is 19.7. The summed E-state index contributed by atoms with van der Waals surface area (Å²) in [5, 5.41) is 9.07. The summed E-state index contributed by atoms with van der Waals surface area (Å²) in [5.41, 5.74) is 2.23. The van der Waals surface area contributed by atoms with Crippen molar-refractivity contribution in [1.29, 1.82) is 5.26 Å². The molecule has 0 saturated carbocycles. The highest BCUT2D eigenvalue weighted by Gasteiger charge is 2.25. The molecule has 1 heterocycles. The molecule has 1 aromatic carbocycles. The lowest BCUT2D eigenvalue weighted by molar-refractivity contribution is 0.101. The standard InChI is InChI=1S/C16H21N3O/c1-4-14-11-19(8-7-18(14)3)16-9-13(10-17)5-6-15(16)12(2)20/h5-6,9,14H,4,7-8,11H2,1-3H3. The maximum absolute atomic E-state index is 11.8. The second-order valence-corrected chi connectivity index (χ2v) is 5.39. The molecule has 0 N–H and O–H groups in total. The second-order valence-electron chi connectivity index (χ2n) is 5.39. The first-order valence-electron chi connectivity index (χ1n) is 7.07. The number of hydrogen-bond donors (Lipinski definition) is 0. The third-order valence-electron chi connectivity index (χ3n) is 4.10. The molecule has 0 aromatic heterocycles. The van der Waals surface area contributed by atoms with E-state index >= 15 is 0 Å². The fourth-order valence-corrected chi connectivity index (χ4v) is 2.77. The summed E-state index contributed by atoms with van der Waals surface area (Å²) in [7, 11) is 2.14. The van der Waals surface area contributed by atoms with Crippen LogP contribution in [0.2, 0.25) is 0 Å². The molecule has 0 radical (unpaired) electrons. The topological polar surface area (TPSA) is 47.3 Å². The van der Waals surface area contributed by atoms with E-state index in [0.717, 1.165) is 31.7 Å². The minimum Gasteiger partial charge on any atom is -0.368 e. The largest absolute Gasteiger partial charge is 0.368 e. The van der Waals surface area contributed by atoms with Gasteiger partial charge in [0.15, 0.2) is 5.78 Å². The van der Waals surface area contributed by atoms with Gasteiger partial charge in [0.1, 0.15) is 0 Å². The van der Waals surface area contributed by atoms with Gasteiger partial charge in [-0.2, -0.15) is 5.26 Å². The van der Waals surface area contributed by atoms with Gasteiger partial charge in [-0.3, -0.25) is 9.69 Å².